The van der Waals surface area contributed by atoms with Gasteiger partial charge in [0.1, 0.15) is 17.4 Å². The average Bonchev–Trinajstić information content (AvgIpc) is 2.95. The van der Waals surface area contributed by atoms with Gasteiger partial charge in [0.2, 0.25) is 10.0 Å². The lowest BCUT2D eigenvalue weighted by Gasteiger charge is -2.09. The number of primary sulfonamides is 1. The molecule has 0 saturated carbocycles. The van der Waals surface area contributed by atoms with Crippen molar-refractivity contribution < 1.29 is 22.7 Å². The summed E-state index contributed by atoms with van der Waals surface area (Å²) in [5, 5.41) is 7.02. The maximum atomic E-state index is 11.8. The first-order valence-electron chi connectivity index (χ1n) is 6.14. The number of benzene rings is 1. The first kappa shape index (κ1) is 18.0. The summed E-state index contributed by atoms with van der Waals surface area (Å²) in [5.74, 6) is -0.371. The fraction of sp³-hybridized carbons (Fsp3) is 0.154. The third kappa shape index (κ3) is 4.82. The Morgan fingerprint density at radius 3 is 2.43 bits per heavy atom. The summed E-state index contributed by atoms with van der Waals surface area (Å²) in [7, 11) is -3.83. The van der Waals surface area contributed by atoms with E-state index in [9.17, 15) is 13.2 Å². The van der Waals surface area contributed by atoms with Crippen LogP contribution >= 0.6 is 34.5 Å². The number of sulfonamides is 1. The van der Waals surface area contributed by atoms with Crippen LogP contribution in [0.4, 0.5) is 0 Å². The van der Waals surface area contributed by atoms with Crippen LogP contribution in [-0.4, -0.2) is 27.6 Å². The molecular weight excluding hydrogens is 385 g/mol. The lowest BCUT2D eigenvalue weighted by atomic mass is 10.3. The van der Waals surface area contributed by atoms with Crippen molar-refractivity contribution in [1.82, 2.24) is 0 Å². The molecule has 0 spiro atoms. The fourth-order valence-electron chi connectivity index (χ4n) is 1.55. The van der Waals surface area contributed by atoms with E-state index in [1.807, 2.05) is 0 Å². The number of hydrogen-bond acceptors (Lipinski definition) is 6. The maximum absolute atomic E-state index is 11.8. The third-order valence-electron chi connectivity index (χ3n) is 2.57. The Hall–Kier alpha value is -1.32. The van der Waals surface area contributed by atoms with Crippen LogP contribution in [0.25, 0.3) is 0 Å². The second-order valence-electron chi connectivity index (χ2n) is 4.23. The van der Waals surface area contributed by atoms with Gasteiger partial charge in [-0.25, -0.2) is 18.4 Å². The van der Waals surface area contributed by atoms with Crippen molar-refractivity contribution in [1.29, 1.82) is 0 Å². The van der Waals surface area contributed by atoms with Crippen LogP contribution in [0.1, 0.15) is 10.4 Å². The molecule has 0 unspecified atom stereocenters. The first-order chi connectivity index (χ1) is 10.8. The number of nitrogens with two attached hydrogens (primary N) is 1. The predicted molar refractivity (Wildman–Crippen MR) is 87.9 cm³/mol. The molecular formula is C13H11Cl2NO5S2. The Morgan fingerprint density at radius 1 is 1.22 bits per heavy atom. The molecule has 0 aliphatic carbocycles. The molecule has 1 aromatic carbocycles. The number of esters is 1. The second kappa shape index (κ2) is 7.50. The number of carbonyl (C=O) groups excluding carboxylic acids is 1. The lowest BCUT2D eigenvalue weighted by molar-refractivity contribution is 0.0451. The van der Waals surface area contributed by atoms with Crippen molar-refractivity contribution in [3.05, 3.63) is 45.3 Å². The summed E-state index contributed by atoms with van der Waals surface area (Å²) in [6.45, 7) is -0.0116. The van der Waals surface area contributed by atoms with Crippen LogP contribution < -0.4 is 9.88 Å². The normalized spacial score (nSPS) is 11.3. The Labute approximate surface area is 146 Å². The van der Waals surface area contributed by atoms with Gasteiger partial charge in [-0.15, -0.1) is 11.3 Å². The molecule has 0 amide bonds. The van der Waals surface area contributed by atoms with E-state index < -0.39 is 16.0 Å². The molecule has 6 nitrogen and oxygen atoms in total. The average molecular weight is 396 g/mol. The molecule has 0 aliphatic rings. The molecule has 0 fully saturated rings. The van der Waals surface area contributed by atoms with Crippen LogP contribution in [0.2, 0.25) is 10.0 Å². The standard InChI is InChI=1S/C13H11Cl2NO5S2/c14-9-2-1-3-10(15)12(9)20-4-5-21-13(17)8-6-11(22-7-8)23(16,18)19/h1-3,6-7H,4-5H2,(H2,16,18,19). The molecule has 10 heteroatoms. The van der Waals surface area contributed by atoms with E-state index in [1.54, 1.807) is 18.2 Å². The first-order valence-corrected chi connectivity index (χ1v) is 9.32. The van der Waals surface area contributed by atoms with Crippen LogP contribution in [0, 0.1) is 0 Å². The summed E-state index contributed by atoms with van der Waals surface area (Å²) in [6.07, 6.45) is 0. The van der Waals surface area contributed by atoms with Crippen molar-refractivity contribution in [2.24, 2.45) is 5.14 Å². The zero-order valence-electron chi connectivity index (χ0n) is 11.5. The van der Waals surface area contributed by atoms with Crippen molar-refractivity contribution in [3.63, 3.8) is 0 Å². The number of thiophene rings is 1. The molecule has 0 saturated heterocycles. The smallest absolute Gasteiger partial charge is 0.339 e. The molecule has 0 bridgehead atoms. The van der Waals surface area contributed by atoms with E-state index in [0.717, 1.165) is 17.4 Å². The summed E-state index contributed by atoms with van der Waals surface area (Å²) in [6, 6.07) is 6.08. The minimum atomic E-state index is -3.83. The predicted octanol–water partition coefficient (Wildman–Crippen LogP) is 2.94. The molecule has 1 aromatic heterocycles. The van der Waals surface area contributed by atoms with E-state index in [-0.39, 0.29) is 23.0 Å². The zero-order valence-corrected chi connectivity index (χ0v) is 14.6. The highest BCUT2D eigenvalue weighted by molar-refractivity contribution is 7.91. The molecule has 2 rings (SSSR count). The molecule has 23 heavy (non-hydrogen) atoms. The van der Waals surface area contributed by atoms with E-state index in [1.165, 1.54) is 5.38 Å². The van der Waals surface area contributed by atoms with Crippen LogP contribution in [-0.2, 0) is 14.8 Å². The van der Waals surface area contributed by atoms with Crippen molar-refractivity contribution in [3.8, 4) is 5.75 Å². The number of carbonyl (C=O) groups is 1. The van der Waals surface area contributed by atoms with Crippen LogP contribution in [0.15, 0.2) is 33.9 Å². The molecule has 0 aliphatic heterocycles. The number of rotatable bonds is 6. The van der Waals surface area contributed by atoms with Gasteiger partial charge in [-0.2, -0.15) is 0 Å². The summed E-state index contributed by atoms with van der Waals surface area (Å²) >= 11 is 12.7. The second-order valence-corrected chi connectivity index (χ2v) is 7.75. The van der Waals surface area contributed by atoms with Gasteiger partial charge in [-0.3, -0.25) is 0 Å². The molecule has 0 radical (unpaired) electrons. The Morgan fingerprint density at radius 2 is 1.87 bits per heavy atom. The molecule has 1 heterocycles. The van der Waals surface area contributed by atoms with E-state index in [4.69, 9.17) is 37.8 Å². The van der Waals surface area contributed by atoms with E-state index in [0.29, 0.717) is 15.8 Å². The van der Waals surface area contributed by atoms with Crippen molar-refractivity contribution in [2.75, 3.05) is 13.2 Å². The molecule has 2 aromatic rings. The number of halogens is 2. The third-order valence-corrected chi connectivity index (χ3v) is 5.55. The number of para-hydroxylation sites is 1. The van der Waals surface area contributed by atoms with Gasteiger partial charge in [0.05, 0.1) is 15.6 Å². The highest BCUT2D eigenvalue weighted by atomic mass is 35.5. The summed E-state index contributed by atoms with van der Waals surface area (Å²) < 4.78 is 32.5. The minimum absolute atomic E-state index is 0.0430. The Balaban J connectivity index is 1.87. The molecule has 124 valence electrons. The largest absolute Gasteiger partial charge is 0.487 e. The van der Waals surface area contributed by atoms with Gasteiger partial charge >= 0.3 is 5.97 Å². The number of ether oxygens (including phenoxy) is 2. The highest BCUT2D eigenvalue weighted by Crippen LogP contribution is 2.32. The Bertz CT molecular complexity index is 799. The maximum Gasteiger partial charge on any atom is 0.339 e. The quantitative estimate of drug-likeness (QED) is 0.598. The van der Waals surface area contributed by atoms with Crippen molar-refractivity contribution >= 4 is 50.5 Å². The topological polar surface area (TPSA) is 95.7 Å². The fourth-order valence-corrected chi connectivity index (χ4v) is 3.64. The highest BCUT2D eigenvalue weighted by Gasteiger charge is 2.16. The zero-order chi connectivity index (χ0) is 17.0. The van der Waals surface area contributed by atoms with E-state index in [2.05, 4.69) is 0 Å². The SMILES string of the molecule is NS(=O)(=O)c1cc(C(=O)OCCOc2c(Cl)cccc2Cl)cs1. The lowest BCUT2D eigenvalue weighted by Crippen LogP contribution is -2.13. The van der Waals surface area contributed by atoms with Gasteiger partial charge in [0.25, 0.3) is 0 Å². The summed E-state index contributed by atoms with van der Waals surface area (Å²) in [5.41, 5.74) is 0.106. The molecule has 0 atom stereocenters. The van der Waals surface area contributed by atoms with Gasteiger partial charge in [-0.05, 0) is 18.2 Å². The van der Waals surface area contributed by atoms with Crippen molar-refractivity contribution in [2.45, 2.75) is 4.21 Å². The number of hydrogen-bond donors (Lipinski definition) is 1. The van der Waals surface area contributed by atoms with E-state index >= 15 is 0 Å². The molecule has 2 N–H and O–H groups in total. The van der Waals surface area contributed by atoms with Gasteiger partial charge in [0, 0.05) is 5.38 Å². The van der Waals surface area contributed by atoms with Gasteiger partial charge in [0.15, 0.2) is 5.75 Å². The van der Waals surface area contributed by atoms with Gasteiger partial charge < -0.3 is 9.47 Å². The van der Waals surface area contributed by atoms with Crippen LogP contribution in [0.3, 0.4) is 0 Å². The van der Waals surface area contributed by atoms with Gasteiger partial charge in [-0.1, -0.05) is 29.3 Å². The minimum Gasteiger partial charge on any atom is -0.487 e. The monoisotopic (exact) mass is 395 g/mol. The summed E-state index contributed by atoms with van der Waals surface area (Å²) in [4.78, 5) is 11.8. The Kier molecular flexibility index (Phi) is 5.88. The van der Waals surface area contributed by atoms with Crippen LogP contribution in [0.5, 0.6) is 5.75 Å².